The van der Waals surface area contributed by atoms with Gasteiger partial charge >= 0.3 is 5.97 Å². The SMILES string of the molecule is O=C(O)c1cccc2nc(-c3cc4ccccc4s3)cn12. The van der Waals surface area contributed by atoms with Crippen LogP contribution in [0.15, 0.2) is 54.7 Å². The number of carbonyl (C=O) groups is 1. The van der Waals surface area contributed by atoms with E-state index in [0.29, 0.717) is 5.65 Å². The fourth-order valence-electron chi connectivity index (χ4n) is 2.41. The molecule has 0 bridgehead atoms. The fourth-order valence-corrected chi connectivity index (χ4v) is 3.43. The zero-order valence-corrected chi connectivity index (χ0v) is 11.7. The molecule has 0 unspecified atom stereocenters. The van der Waals surface area contributed by atoms with Crippen LogP contribution in [0.2, 0.25) is 0 Å². The molecular formula is C16H10N2O2S. The molecule has 4 aromatic rings. The van der Waals surface area contributed by atoms with Crippen LogP contribution in [0.3, 0.4) is 0 Å². The van der Waals surface area contributed by atoms with E-state index in [1.165, 1.54) is 10.1 Å². The van der Waals surface area contributed by atoms with E-state index < -0.39 is 5.97 Å². The summed E-state index contributed by atoms with van der Waals surface area (Å²) in [5, 5.41) is 10.4. The van der Waals surface area contributed by atoms with Gasteiger partial charge in [0, 0.05) is 10.9 Å². The molecule has 21 heavy (non-hydrogen) atoms. The number of rotatable bonds is 2. The lowest BCUT2D eigenvalue weighted by atomic mass is 10.2. The smallest absolute Gasteiger partial charge is 0.352 e. The number of carboxylic acid groups (broad SMARTS) is 1. The molecule has 102 valence electrons. The van der Waals surface area contributed by atoms with Crippen LogP contribution in [0.5, 0.6) is 0 Å². The summed E-state index contributed by atoms with van der Waals surface area (Å²) in [6.07, 6.45) is 1.78. The van der Waals surface area contributed by atoms with Crippen LogP contribution >= 0.6 is 11.3 Å². The molecule has 0 aliphatic carbocycles. The van der Waals surface area contributed by atoms with Crippen LogP contribution in [0, 0.1) is 0 Å². The van der Waals surface area contributed by atoms with Crippen molar-refractivity contribution in [1.82, 2.24) is 9.38 Å². The van der Waals surface area contributed by atoms with Crippen LogP contribution in [0.25, 0.3) is 26.3 Å². The van der Waals surface area contributed by atoms with Crippen molar-refractivity contribution in [3.8, 4) is 10.6 Å². The average molecular weight is 294 g/mol. The molecular weight excluding hydrogens is 284 g/mol. The summed E-state index contributed by atoms with van der Waals surface area (Å²) in [6.45, 7) is 0. The minimum absolute atomic E-state index is 0.215. The Balaban J connectivity index is 1.94. The predicted molar refractivity (Wildman–Crippen MR) is 83.0 cm³/mol. The standard InChI is InChI=1S/C16H10N2O2S/c19-16(20)12-5-3-7-15-17-11(9-18(12)15)14-8-10-4-1-2-6-13(10)21-14/h1-9H,(H,19,20). The number of pyridine rings is 1. The van der Waals surface area contributed by atoms with Gasteiger partial charge in [0.15, 0.2) is 0 Å². The Morgan fingerprint density at radius 2 is 2.00 bits per heavy atom. The number of nitrogens with zero attached hydrogens (tertiary/aromatic N) is 2. The first-order valence-electron chi connectivity index (χ1n) is 6.43. The number of benzene rings is 1. The summed E-state index contributed by atoms with van der Waals surface area (Å²) >= 11 is 1.66. The van der Waals surface area contributed by atoms with Crippen LogP contribution in [0.1, 0.15) is 10.5 Å². The number of thiophene rings is 1. The second-order valence-electron chi connectivity index (χ2n) is 4.72. The summed E-state index contributed by atoms with van der Waals surface area (Å²) in [4.78, 5) is 16.8. The van der Waals surface area contributed by atoms with Crippen LogP contribution < -0.4 is 0 Å². The first kappa shape index (κ1) is 12.1. The Morgan fingerprint density at radius 1 is 1.14 bits per heavy atom. The minimum atomic E-state index is -0.958. The van der Waals surface area contributed by atoms with E-state index in [-0.39, 0.29) is 5.69 Å². The van der Waals surface area contributed by atoms with Gasteiger partial charge in [-0.3, -0.25) is 4.40 Å². The molecule has 5 heteroatoms. The Morgan fingerprint density at radius 3 is 2.81 bits per heavy atom. The van der Waals surface area contributed by atoms with Crippen LogP contribution in [-0.2, 0) is 0 Å². The maximum absolute atomic E-state index is 11.3. The number of fused-ring (bicyclic) bond motifs is 2. The van der Waals surface area contributed by atoms with Crippen molar-refractivity contribution in [1.29, 1.82) is 0 Å². The first-order chi connectivity index (χ1) is 10.2. The van der Waals surface area contributed by atoms with E-state index >= 15 is 0 Å². The lowest BCUT2D eigenvalue weighted by molar-refractivity contribution is 0.0689. The van der Waals surface area contributed by atoms with Crippen LogP contribution in [-0.4, -0.2) is 20.5 Å². The van der Waals surface area contributed by atoms with Crippen molar-refractivity contribution < 1.29 is 9.90 Å². The molecule has 0 aliphatic heterocycles. The van der Waals surface area contributed by atoms with E-state index in [1.807, 2.05) is 18.2 Å². The third-order valence-corrected chi connectivity index (χ3v) is 4.53. The average Bonchev–Trinajstić information content (AvgIpc) is 3.09. The Hall–Kier alpha value is -2.66. The largest absolute Gasteiger partial charge is 0.477 e. The Labute approximate surface area is 123 Å². The zero-order chi connectivity index (χ0) is 14.4. The van der Waals surface area contributed by atoms with Crippen molar-refractivity contribution >= 4 is 33.0 Å². The van der Waals surface area contributed by atoms with E-state index in [4.69, 9.17) is 0 Å². The van der Waals surface area contributed by atoms with Crippen molar-refractivity contribution in [2.45, 2.75) is 0 Å². The molecule has 1 N–H and O–H groups in total. The minimum Gasteiger partial charge on any atom is -0.477 e. The van der Waals surface area contributed by atoms with E-state index in [1.54, 1.807) is 34.1 Å². The maximum Gasteiger partial charge on any atom is 0.352 e. The lowest BCUT2D eigenvalue weighted by Crippen LogP contribution is -2.03. The number of imidazole rings is 1. The van der Waals surface area contributed by atoms with Gasteiger partial charge in [-0.05, 0) is 29.7 Å². The Bertz CT molecular complexity index is 951. The molecule has 0 fully saturated rings. The van der Waals surface area contributed by atoms with Gasteiger partial charge in [-0.1, -0.05) is 24.3 Å². The highest BCUT2D eigenvalue weighted by Gasteiger charge is 2.12. The summed E-state index contributed by atoms with van der Waals surface area (Å²) < 4.78 is 2.81. The molecule has 0 atom stereocenters. The second kappa shape index (κ2) is 4.43. The highest BCUT2D eigenvalue weighted by atomic mass is 32.1. The monoisotopic (exact) mass is 294 g/mol. The quantitative estimate of drug-likeness (QED) is 0.609. The number of carboxylic acids is 1. The van der Waals surface area contributed by atoms with Gasteiger partial charge in [-0.15, -0.1) is 11.3 Å². The van der Waals surface area contributed by atoms with Gasteiger partial charge in [-0.25, -0.2) is 9.78 Å². The molecule has 0 aliphatic rings. The van der Waals surface area contributed by atoms with Gasteiger partial charge in [-0.2, -0.15) is 0 Å². The molecule has 0 amide bonds. The van der Waals surface area contributed by atoms with Crippen molar-refractivity contribution in [3.63, 3.8) is 0 Å². The topological polar surface area (TPSA) is 54.6 Å². The van der Waals surface area contributed by atoms with Crippen molar-refractivity contribution in [2.24, 2.45) is 0 Å². The molecule has 0 radical (unpaired) electrons. The molecule has 1 aromatic carbocycles. The number of aromatic nitrogens is 2. The highest BCUT2D eigenvalue weighted by Crippen LogP contribution is 2.33. The van der Waals surface area contributed by atoms with Crippen LogP contribution in [0.4, 0.5) is 0 Å². The molecule has 3 heterocycles. The first-order valence-corrected chi connectivity index (χ1v) is 7.24. The van der Waals surface area contributed by atoms with Crippen molar-refractivity contribution in [3.05, 3.63) is 60.4 Å². The van der Waals surface area contributed by atoms with E-state index in [0.717, 1.165) is 10.6 Å². The van der Waals surface area contributed by atoms with E-state index in [2.05, 4.69) is 23.2 Å². The number of aromatic carboxylic acids is 1. The zero-order valence-electron chi connectivity index (χ0n) is 10.9. The van der Waals surface area contributed by atoms with Gasteiger partial charge in [0.2, 0.25) is 0 Å². The maximum atomic E-state index is 11.3. The fraction of sp³-hybridized carbons (Fsp3) is 0. The van der Waals surface area contributed by atoms with Gasteiger partial charge < -0.3 is 5.11 Å². The predicted octanol–water partition coefficient (Wildman–Crippen LogP) is 3.91. The summed E-state index contributed by atoms with van der Waals surface area (Å²) in [7, 11) is 0. The molecule has 3 aromatic heterocycles. The molecule has 0 saturated heterocycles. The van der Waals surface area contributed by atoms with Gasteiger partial charge in [0.25, 0.3) is 0 Å². The normalized spacial score (nSPS) is 11.2. The lowest BCUT2D eigenvalue weighted by Gasteiger charge is -1.97. The molecule has 4 nitrogen and oxygen atoms in total. The third kappa shape index (κ3) is 1.90. The second-order valence-corrected chi connectivity index (χ2v) is 5.80. The summed E-state index contributed by atoms with van der Waals surface area (Å²) in [6, 6.07) is 15.3. The summed E-state index contributed by atoms with van der Waals surface area (Å²) in [5.41, 5.74) is 1.65. The van der Waals surface area contributed by atoms with Gasteiger partial charge in [0.05, 0.1) is 10.6 Å². The highest BCUT2D eigenvalue weighted by molar-refractivity contribution is 7.22. The van der Waals surface area contributed by atoms with Gasteiger partial charge in [0.1, 0.15) is 11.3 Å². The molecule has 4 rings (SSSR count). The molecule has 0 saturated carbocycles. The Kier molecular flexibility index (Phi) is 2.55. The third-order valence-electron chi connectivity index (χ3n) is 3.39. The number of hydrogen-bond donors (Lipinski definition) is 1. The summed E-state index contributed by atoms with van der Waals surface area (Å²) in [5.74, 6) is -0.958. The molecule has 0 spiro atoms. The van der Waals surface area contributed by atoms with Crippen molar-refractivity contribution in [2.75, 3.05) is 0 Å². The van der Waals surface area contributed by atoms with E-state index in [9.17, 15) is 9.90 Å². The number of hydrogen-bond acceptors (Lipinski definition) is 3.